The van der Waals surface area contributed by atoms with Gasteiger partial charge in [0.2, 0.25) is 0 Å². The van der Waals surface area contributed by atoms with Gasteiger partial charge in [0.15, 0.2) is 0 Å². The van der Waals surface area contributed by atoms with Gasteiger partial charge in [-0.3, -0.25) is 0 Å². The number of benzene rings is 6. The molecule has 6 aromatic rings. The molecule has 0 aliphatic carbocycles. The molecular weight excluding hydrogens is 589 g/mol. The first-order valence-corrected chi connectivity index (χ1v) is 23.9. The van der Waals surface area contributed by atoms with Crippen molar-refractivity contribution in [2.75, 3.05) is 0 Å². The van der Waals surface area contributed by atoms with Crippen molar-refractivity contribution in [3.05, 3.63) is 146 Å². The molecule has 0 aliphatic rings. The highest BCUT2D eigenvalue weighted by Crippen LogP contribution is 2.26. The van der Waals surface area contributed by atoms with Gasteiger partial charge in [-0.25, -0.2) is 0 Å². The second-order valence-electron chi connectivity index (χ2n) is 14.1. The largest absolute Gasteiger partial charge is 0.121 e. The zero-order chi connectivity index (χ0) is 31.6. The molecule has 0 saturated heterocycles. The third kappa shape index (κ3) is 7.45. The van der Waals surface area contributed by atoms with Gasteiger partial charge in [-0.2, -0.15) is 0 Å². The minimum Gasteiger partial charge on any atom is -0.0656 e. The molecule has 0 unspecified atom stereocenters. The summed E-state index contributed by atoms with van der Waals surface area (Å²) >= 11 is 0. The van der Waals surface area contributed by atoms with Gasteiger partial charge in [0.25, 0.3) is 0 Å². The van der Waals surface area contributed by atoms with Crippen molar-refractivity contribution in [1.82, 2.24) is 0 Å². The Balaban J connectivity index is 1.08. The fourth-order valence-electron chi connectivity index (χ4n) is 5.69. The van der Waals surface area contributed by atoms with Crippen LogP contribution in [0.15, 0.2) is 146 Å². The molecule has 2 radical (unpaired) electrons. The van der Waals surface area contributed by atoms with E-state index in [4.69, 9.17) is 0 Å². The van der Waals surface area contributed by atoms with Crippen LogP contribution in [0.4, 0.5) is 0 Å². The van der Waals surface area contributed by atoms with E-state index in [1.807, 2.05) is 0 Å². The van der Waals surface area contributed by atoms with E-state index < -0.39 is 16.1 Å². The topological polar surface area (TPSA) is 0 Å². The summed E-state index contributed by atoms with van der Waals surface area (Å²) in [6, 6.07) is 54.5. The zero-order valence-corrected chi connectivity index (χ0v) is 30.4. The molecule has 45 heavy (non-hydrogen) atoms. The van der Waals surface area contributed by atoms with Crippen molar-refractivity contribution in [3.63, 3.8) is 0 Å². The van der Waals surface area contributed by atoms with Crippen LogP contribution in [0, 0.1) is 0 Å². The lowest BCUT2D eigenvalue weighted by atomic mass is 10.0. The van der Waals surface area contributed by atoms with Gasteiger partial charge in [0.05, 0.1) is 16.1 Å². The lowest BCUT2D eigenvalue weighted by molar-refractivity contribution is 1.59. The third-order valence-corrected chi connectivity index (χ3v) is 14.0. The Labute approximate surface area is 274 Å². The highest BCUT2D eigenvalue weighted by molar-refractivity contribution is 6.89. The minimum atomic E-state index is -1.27. The van der Waals surface area contributed by atoms with Crippen molar-refractivity contribution in [1.29, 1.82) is 0 Å². The molecule has 222 valence electrons. The lowest BCUT2D eigenvalue weighted by Crippen LogP contribution is -2.37. The van der Waals surface area contributed by atoms with Crippen molar-refractivity contribution in [2.24, 2.45) is 0 Å². The molecule has 0 fully saturated rings. The summed E-state index contributed by atoms with van der Waals surface area (Å²) in [6.45, 7) is 14.4. The Hall–Kier alpha value is -4.03. The van der Waals surface area contributed by atoms with Crippen LogP contribution in [-0.2, 0) is 0 Å². The molecule has 0 heterocycles. The number of hydrogen-bond acceptors (Lipinski definition) is 0. The predicted octanol–water partition coefficient (Wildman–Crippen LogP) is 9.10. The maximum absolute atomic E-state index is 2.40. The van der Waals surface area contributed by atoms with E-state index in [1.54, 1.807) is 0 Å². The normalized spacial score (nSPS) is 11.9. The van der Waals surface area contributed by atoms with Crippen LogP contribution in [0.3, 0.4) is 0 Å². The summed E-state index contributed by atoms with van der Waals surface area (Å²) in [5.74, 6) is 0. The quantitative estimate of drug-likeness (QED) is 0.147. The third-order valence-electron chi connectivity index (χ3n) is 8.66. The summed E-state index contributed by atoms with van der Waals surface area (Å²) < 4.78 is 0. The van der Waals surface area contributed by atoms with Crippen molar-refractivity contribution in [2.45, 2.75) is 39.3 Å². The van der Waals surface area contributed by atoms with Crippen LogP contribution in [0.2, 0.25) is 39.3 Å². The zero-order valence-electron chi connectivity index (χ0n) is 27.4. The van der Waals surface area contributed by atoms with E-state index in [2.05, 4.69) is 185 Å². The van der Waals surface area contributed by atoms with Gasteiger partial charge in [-0.15, -0.1) is 0 Å². The van der Waals surface area contributed by atoms with Gasteiger partial charge in [0.1, 0.15) is 9.52 Å². The van der Waals surface area contributed by atoms with E-state index in [0.29, 0.717) is 9.52 Å². The molecule has 0 aliphatic heterocycles. The van der Waals surface area contributed by atoms with Crippen molar-refractivity contribution >= 4 is 46.4 Å². The van der Waals surface area contributed by atoms with Gasteiger partial charge in [0, 0.05) is 0 Å². The minimum absolute atomic E-state index is 0.638. The number of hydrogen-bond donors (Lipinski definition) is 0. The molecule has 0 spiro atoms. The first kappa shape index (κ1) is 31.0. The van der Waals surface area contributed by atoms with Gasteiger partial charge in [-0.1, -0.05) is 206 Å². The monoisotopic (exact) mass is 630 g/mol. The molecule has 6 aromatic carbocycles. The SMILES string of the molecule is C[Si](C)(C)c1ccc(-c2ccc(-c3ccc([Si]c4ccc(-c5ccc(-c6ccc([Si](C)(C)C)cc6)cc5)cc4)cc3)cc2)cc1. The summed E-state index contributed by atoms with van der Waals surface area (Å²) in [5.41, 5.74) is 10.1. The molecule has 0 saturated carbocycles. The summed E-state index contributed by atoms with van der Waals surface area (Å²) in [7, 11) is -1.91. The summed E-state index contributed by atoms with van der Waals surface area (Å²) in [6.07, 6.45) is 0. The fourth-order valence-corrected chi connectivity index (χ4v) is 9.03. The van der Waals surface area contributed by atoms with Crippen LogP contribution < -0.4 is 20.7 Å². The summed E-state index contributed by atoms with van der Waals surface area (Å²) in [5, 5.41) is 5.72. The van der Waals surface area contributed by atoms with E-state index in [1.165, 1.54) is 65.3 Å². The standard InChI is InChI=1S/C42H42Si3/c1-44(2,3)41-27-19-37(20-28-41)33-11-7-31(8-12-33)35-15-23-39(24-16-35)43-40-25-17-36(18-26-40)32-9-13-34(14-10-32)38-21-29-42(30-22-38)45(4,5)6/h7-30H,1-6H3. The fraction of sp³-hybridized carbons (Fsp3) is 0.143. The Kier molecular flexibility index (Phi) is 8.78. The maximum atomic E-state index is 2.40. The first-order valence-electron chi connectivity index (χ1n) is 15.9. The molecule has 6 rings (SSSR count). The predicted molar refractivity (Wildman–Crippen MR) is 206 cm³/mol. The van der Waals surface area contributed by atoms with Crippen LogP contribution >= 0.6 is 0 Å². The molecular formula is C42H42Si3. The van der Waals surface area contributed by atoms with Crippen LogP contribution in [0.1, 0.15) is 0 Å². The molecule has 0 atom stereocenters. The second-order valence-corrected chi connectivity index (χ2v) is 25.6. The molecule has 0 N–H and O–H groups in total. The van der Waals surface area contributed by atoms with Crippen molar-refractivity contribution in [3.8, 4) is 44.5 Å². The van der Waals surface area contributed by atoms with Gasteiger partial charge in [-0.05, 0) is 44.5 Å². The molecule has 0 nitrogen and oxygen atoms in total. The average molecular weight is 631 g/mol. The van der Waals surface area contributed by atoms with E-state index in [0.717, 1.165) is 0 Å². The molecule has 3 heteroatoms. The van der Waals surface area contributed by atoms with Crippen LogP contribution in [0.25, 0.3) is 44.5 Å². The molecule has 0 aromatic heterocycles. The van der Waals surface area contributed by atoms with E-state index in [-0.39, 0.29) is 0 Å². The van der Waals surface area contributed by atoms with E-state index >= 15 is 0 Å². The first-order chi connectivity index (χ1) is 21.5. The second kappa shape index (κ2) is 12.8. The van der Waals surface area contributed by atoms with Crippen LogP contribution in [0.5, 0.6) is 0 Å². The molecule has 0 bridgehead atoms. The average Bonchev–Trinajstić information content (AvgIpc) is 3.05. The highest BCUT2D eigenvalue weighted by Gasteiger charge is 2.16. The smallest absolute Gasteiger partial charge is 0.0656 e. The highest BCUT2D eigenvalue weighted by atomic mass is 28.3. The van der Waals surface area contributed by atoms with Gasteiger partial charge >= 0.3 is 0 Å². The Morgan fingerprint density at radius 1 is 0.267 bits per heavy atom. The van der Waals surface area contributed by atoms with Crippen LogP contribution in [-0.4, -0.2) is 25.7 Å². The Bertz CT molecular complexity index is 1710. The van der Waals surface area contributed by atoms with Crippen molar-refractivity contribution < 1.29 is 0 Å². The molecule has 0 amide bonds. The Morgan fingerprint density at radius 3 is 0.644 bits per heavy atom. The van der Waals surface area contributed by atoms with E-state index in [9.17, 15) is 0 Å². The lowest BCUT2D eigenvalue weighted by Gasteiger charge is -2.16. The number of rotatable bonds is 8. The maximum Gasteiger partial charge on any atom is 0.121 e. The summed E-state index contributed by atoms with van der Waals surface area (Å²) in [4.78, 5) is 0. The Morgan fingerprint density at radius 2 is 0.444 bits per heavy atom. The van der Waals surface area contributed by atoms with Gasteiger partial charge < -0.3 is 0 Å².